The van der Waals surface area contributed by atoms with Crippen LogP contribution in [0.3, 0.4) is 0 Å². The first-order valence-electron chi connectivity index (χ1n) is 4.05. The molecule has 0 spiro atoms. The van der Waals surface area contributed by atoms with Crippen molar-refractivity contribution in [1.82, 2.24) is 4.98 Å². The third-order valence-corrected chi connectivity index (χ3v) is 2.32. The Labute approximate surface area is 69.6 Å². The van der Waals surface area contributed by atoms with Gasteiger partial charge >= 0.3 is 0 Å². The molecular weight excluding hydrogens is 148 g/mol. The van der Waals surface area contributed by atoms with Crippen molar-refractivity contribution in [2.24, 2.45) is 4.99 Å². The predicted octanol–water partition coefficient (Wildman–Crippen LogP) is 0.318. The second-order valence-electron chi connectivity index (χ2n) is 3.09. The number of hydrogen-bond acceptors (Lipinski definition) is 1. The minimum atomic E-state index is 0.987. The summed E-state index contributed by atoms with van der Waals surface area (Å²) >= 11 is 0. The highest BCUT2D eigenvalue weighted by atomic mass is 14.7. The fraction of sp³-hybridized carbons (Fsp3) is 0.100. The number of aromatic amines is 1. The standard InChI is InChI=1S/C10H8N2/c1-3-11-8-5-7(1)9-2-4-12-10(9)6-8/h1-4,6,12H,5H2. The molecule has 0 atom stereocenters. The molecule has 2 heterocycles. The molecule has 0 fully saturated rings. The van der Waals surface area contributed by atoms with Crippen molar-refractivity contribution < 1.29 is 0 Å². The van der Waals surface area contributed by atoms with E-state index >= 15 is 0 Å². The first-order valence-corrected chi connectivity index (χ1v) is 4.05. The molecule has 1 aliphatic carbocycles. The van der Waals surface area contributed by atoms with Gasteiger partial charge in [0.25, 0.3) is 0 Å². The molecule has 2 bridgehead atoms. The third-order valence-electron chi connectivity index (χ3n) is 2.32. The molecule has 0 amide bonds. The van der Waals surface area contributed by atoms with Crippen LogP contribution in [0.25, 0.3) is 11.6 Å². The number of hydrogen-bond donors (Lipinski definition) is 1. The van der Waals surface area contributed by atoms with E-state index in [2.05, 4.69) is 28.2 Å². The minimum absolute atomic E-state index is 0.987. The fourth-order valence-electron chi connectivity index (χ4n) is 1.74. The van der Waals surface area contributed by atoms with E-state index in [4.69, 9.17) is 0 Å². The molecule has 2 aliphatic rings. The Bertz CT molecular complexity index is 500. The molecule has 58 valence electrons. The van der Waals surface area contributed by atoms with E-state index in [1.807, 2.05) is 12.4 Å². The summed E-state index contributed by atoms with van der Waals surface area (Å²) in [5, 5.41) is 2.52. The maximum atomic E-state index is 4.27. The number of nitrogens with zero attached hydrogens (tertiary/aromatic N) is 1. The SMILES string of the molecule is C1=CC2=c3cc[nH]c3=CC(=N1)C2. The summed E-state index contributed by atoms with van der Waals surface area (Å²) in [6.45, 7) is 0. The van der Waals surface area contributed by atoms with Crippen molar-refractivity contribution in [3.63, 3.8) is 0 Å². The van der Waals surface area contributed by atoms with Crippen LogP contribution in [0.15, 0.2) is 29.5 Å². The van der Waals surface area contributed by atoms with E-state index in [1.54, 1.807) is 0 Å². The number of aromatic nitrogens is 1. The van der Waals surface area contributed by atoms with Crippen LogP contribution in [0, 0.1) is 0 Å². The van der Waals surface area contributed by atoms with Gasteiger partial charge in [0.2, 0.25) is 0 Å². The molecule has 0 saturated carbocycles. The first kappa shape index (κ1) is 6.00. The van der Waals surface area contributed by atoms with Gasteiger partial charge < -0.3 is 4.98 Å². The van der Waals surface area contributed by atoms with Crippen LogP contribution in [0.4, 0.5) is 0 Å². The average molecular weight is 156 g/mol. The molecule has 1 N–H and O–H groups in total. The molecule has 1 aromatic rings. The number of H-pyrrole nitrogens is 1. The largest absolute Gasteiger partial charge is 0.361 e. The van der Waals surface area contributed by atoms with E-state index in [9.17, 15) is 0 Å². The highest BCUT2D eigenvalue weighted by Gasteiger charge is 2.09. The average Bonchev–Trinajstić information content (AvgIpc) is 2.53. The van der Waals surface area contributed by atoms with Crippen LogP contribution in [-0.2, 0) is 0 Å². The lowest BCUT2D eigenvalue weighted by atomic mass is 10.00. The van der Waals surface area contributed by atoms with Gasteiger partial charge in [-0.3, -0.25) is 4.99 Å². The Morgan fingerprint density at radius 3 is 3.42 bits per heavy atom. The molecular formula is C10H8N2. The quantitative estimate of drug-likeness (QED) is 0.560. The molecule has 0 saturated heterocycles. The second-order valence-corrected chi connectivity index (χ2v) is 3.09. The van der Waals surface area contributed by atoms with E-state index in [0.29, 0.717) is 0 Å². The number of rotatable bonds is 0. The highest BCUT2D eigenvalue weighted by Crippen LogP contribution is 2.12. The molecule has 0 aromatic carbocycles. The molecule has 2 heteroatoms. The van der Waals surface area contributed by atoms with Crippen molar-refractivity contribution in [3.05, 3.63) is 35.1 Å². The van der Waals surface area contributed by atoms with Gasteiger partial charge in [-0.15, -0.1) is 0 Å². The Hall–Kier alpha value is -1.57. The van der Waals surface area contributed by atoms with Crippen molar-refractivity contribution in [2.75, 3.05) is 0 Å². The normalized spacial score (nSPS) is 18.3. The summed E-state index contributed by atoms with van der Waals surface area (Å²) in [5.41, 5.74) is 2.53. The maximum absolute atomic E-state index is 4.27. The van der Waals surface area contributed by atoms with Gasteiger partial charge in [0.15, 0.2) is 0 Å². The number of allylic oxidation sites excluding steroid dienone is 1. The maximum Gasteiger partial charge on any atom is 0.0475 e. The van der Waals surface area contributed by atoms with Crippen LogP contribution in [-0.4, -0.2) is 10.7 Å². The zero-order valence-electron chi connectivity index (χ0n) is 6.54. The van der Waals surface area contributed by atoms with Gasteiger partial charge in [-0.05, 0) is 23.8 Å². The zero-order chi connectivity index (χ0) is 7.97. The van der Waals surface area contributed by atoms with E-state index in [0.717, 1.165) is 12.1 Å². The summed E-state index contributed by atoms with van der Waals surface area (Å²) in [5.74, 6) is 0. The molecule has 2 nitrogen and oxygen atoms in total. The fourth-order valence-corrected chi connectivity index (χ4v) is 1.74. The van der Waals surface area contributed by atoms with Crippen molar-refractivity contribution in [1.29, 1.82) is 0 Å². The topological polar surface area (TPSA) is 28.1 Å². The highest BCUT2D eigenvalue weighted by molar-refractivity contribution is 6.16. The predicted molar refractivity (Wildman–Crippen MR) is 49.1 cm³/mol. The lowest BCUT2D eigenvalue weighted by Gasteiger charge is -2.09. The van der Waals surface area contributed by atoms with Crippen molar-refractivity contribution in [3.8, 4) is 0 Å². The number of aliphatic imine (C=N–C) groups is 1. The van der Waals surface area contributed by atoms with Gasteiger partial charge in [-0.25, -0.2) is 0 Å². The first-order chi connectivity index (χ1) is 5.93. The van der Waals surface area contributed by atoms with E-state index in [1.165, 1.54) is 16.1 Å². The van der Waals surface area contributed by atoms with Gasteiger partial charge in [-0.1, -0.05) is 0 Å². The smallest absolute Gasteiger partial charge is 0.0475 e. The second kappa shape index (κ2) is 1.97. The van der Waals surface area contributed by atoms with Crippen molar-refractivity contribution in [2.45, 2.75) is 6.42 Å². The monoisotopic (exact) mass is 156 g/mol. The van der Waals surface area contributed by atoms with Crippen LogP contribution in [0.5, 0.6) is 0 Å². The molecule has 1 aromatic heterocycles. The molecule has 0 unspecified atom stereocenters. The summed E-state index contributed by atoms with van der Waals surface area (Å²) in [7, 11) is 0. The Balaban J connectivity index is 2.57. The summed E-state index contributed by atoms with van der Waals surface area (Å²) in [6.07, 6.45) is 9.04. The van der Waals surface area contributed by atoms with Crippen LogP contribution >= 0.6 is 0 Å². The molecule has 3 rings (SSSR count). The summed E-state index contributed by atoms with van der Waals surface area (Å²) < 4.78 is 0. The van der Waals surface area contributed by atoms with Crippen molar-refractivity contribution >= 4 is 17.4 Å². The Morgan fingerprint density at radius 1 is 1.42 bits per heavy atom. The number of nitrogens with one attached hydrogen (secondary N) is 1. The number of fused-ring (bicyclic) bond motifs is 3. The van der Waals surface area contributed by atoms with Gasteiger partial charge in [0.05, 0.1) is 0 Å². The minimum Gasteiger partial charge on any atom is -0.361 e. The lowest BCUT2D eigenvalue weighted by molar-refractivity contribution is 1.27. The molecule has 1 aliphatic heterocycles. The van der Waals surface area contributed by atoms with E-state index < -0.39 is 0 Å². The Kier molecular flexibility index (Phi) is 0.987. The molecule has 12 heavy (non-hydrogen) atoms. The summed E-state index contributed by atoms with van der Waals surface area (Å²) in [6, 6.07) is 2.12. The third kappa shape index (κ3) is 0.666. The van der Waals surface area contributed by atoms with Crippen LogP contribution in [0.2, 0.25) is 0 Å². The van der Waals surface area contributed by atoms with E-state index in [-0.39, 0.29) is 0 Å². The van der Waals surface area contributed by atoms with Crippen LogP contribution in [0.1, 0.15) is 6.42 Å². The Morgan fingerprint density at radius 2 is 2.42 bits per heavy atom. The van der Waals surface area contributed by atoms with Crippen LogP contribution < -0.4 is 10.6 Å². The van der Waals surface area contributed by atoms with Gasteiger partial charge in [0.1, 0.15) is 0 Å². The zero-order valence-corrected chi connectivity index (χ0v) is 6.54. The lowest BCUT2D eigenvalue weighted by Crippen LogP contribution is -2.30. The van der Waals surface area contributed by atoms with Gasteiger partial charge in [-0.2, -0.15) is 0 Å². The molecule has 0 radical (unpaired) electrons. The summed E-state index contributed by atoms with van der Waals surface area (Å²) in [4.78, 5) is 7.46. The van der Waals surface area contributed by atoms with Gasteiger partial charge in [0, 0.05) is 35.1 Å².